The third-order valence-corrected chi connectivity index (χ3v) is 4.05. The van der Waals surface area contributed by atoms with E-state index < -0.39 is 0 Å². The fourth-order valence-electron chi connectivity index (χ4n) is 1.87. The fourth-order valence-corrected chi connectivity index (χ4v) is 2.92. The van der Waals surface area contributed by atoms with Crippen LogP contribution >= 0.6 is 11.3 Å². The van der Waals surface area contributed by atoms with E-state index in [0.29, 0.717) is 30.4 Å². The molecule has 0 aliphatic carbocycles. The van der Waals surface area contributed by atoms with E-state index in [-0.39, 0.29) is 12.6 Å². The summed E-state index contributed by atoms with van der Waals surface area (Å²) in [6.07, 6.45) is 1.47. The van der Waals surface area contributed by atoms with Gasteiger partial charge in [0.2, 0.25) is 0 Å². The van der Waals surface area contributed by atoms with Gasteiger partial charge in [-0.2, -0.15) is 0 Å². The molecule has 0 aromatic carbocycles. The monoisotopic (exact) mass is 310 g/mol. The summed E-state index contributed by atoms with van der Waals surface area (Å²) in [5.41, 5.74) is 6.31. The molecule has 3 N–H and O–H groups in total. The Morgan fingerprint density at radius 3 is 2.95 bits per heavy atom. The van der Waals surface area contributed by atoms with Crippen molar-refractivity contribution < 1.29 is 14.3 Å². The Morgan fingerprint density at radius 1 is 1.43 bits per heavy atom. The zero-order valence-electron chi connectivity index (χ0n) is 12.0. The number of carbonyl (C=O) groups is 1. The minimum Gasteiger partial charge on any atom is -0.459 e. The molecule has 0 aliphatic heterocycles. The Hall–Kier alpha value is -1.77. The standard InChI is InChI=1S/C13H18N4O3S/c1-8-9-11(15-4-3-14)16-7-17-12(9)21-10(8)13(18)20-6-5-19-2/h7H,3-6,14H2,1-2H3,(H,15,16,17). The van der Waals surface area contributed by atoms with E-state index in [1.165, 1.54) is 17.7 Å². The molecule has 0 saturated carbocycles. The molecule has 2 aromatic rings. The number of hydrogen-bond acceptors (Lipinski definition) is 8. The number of aryl methyl sites for hydroxylation is 1. The molecule has 0 saturated heterocycles. The van der Waals surface area contributed by atoms with Crippen LogP contribution in [-0.2, 0) is 9.47 Å². The van der Waals surface area contributed by atoms with Gasteiger partial charge in [-0.1, -0.05) is 0 Å². The molecule has 0 unspecified atom stereocenters. The van der Waals surface area contributed by atoms with E-state index in [0.717, 1.165) is 15.8 Å². The van der Waals surface area contributed by atoms with Crippen LogP contribution in [0.15, 0.2) is 6.33 Å². The highest BCUT2D eigenvalue weighted by Gasteiger charge is 2.20. The van der Waals surface area contributed by atoms with Gasteiger partial charge in [-0.15, -0.1) is 11.3 Å². The summed E-state index contributed by atoms with van der Waals surface area (Å²) in [6, 6.07) is 0. The normalized spacial score (nSPS) is 10.8. The number of nitrogens with two attached hydrogens (primary N) is 1. The van der Waals surface area contributed by atoms with Crippen molar-refractivity contribution in [3.63, 3.8) is 0 Å². The van der Waals surface area contributed by atoms with Crippen LogP contribution in [0.5, 0.6) is 0 Å². The molecule has 2 aromatic heterocycles. The lowest BCUT2D eigenvalue weighted by atomic mass is 10.2. The summed E-state index contributed by atoms with van der Waals surface area (Å²) in [4.78, 5) is 21.8. The zero-order chi connectivity index (χ0) is 15.2. The third-order valence-electron chi connectivity index (χ3n) is 2.87. The first-order chi connectivity index (χ1) is 10.2. The quantitative estimate of drug-likeness (QED) is 0.585. The number of thiophene rings is 1. The molecule has 0 fully saturated rings. The molecular weight excluding hydrogens is 292 g/mol. The summed E-state index contributed by atoms with van der Waals surface area (Å²) in [6.45, 7) is 3.57. The first-order valence-corrected chi connectivity index (χ1v) is 7.34. The van der Waals surface area contributed by atoms with Crippen LogP contribution < -0.4 is 11.1 Å². The van der Waals surface area contributed by atoms with E-state index in [9.17, 15) is 4.79 Å². The highest BCUT2D eigenvalue weighted by molar-refractivity contribution is 7.20. The van der Waals surface area contributed by atoms with Gasteiger partial charge in [-0.05, 0) is 12.5 Å². The second-order valence-electron chi connectivity index (χ2n) is 4.30. The lowest BCUT2D eigenvalue weighted by molar-refractivity contribution is 0.0393. The van der Waals surface area contributed by atoms with Gasteiger partial charge in [0.15, 0.2) is 0 Å². The van der Waals surface area contributed by atoms with Crippen molar-refractivity contribution in [2.45, 2.75) is 6.92 Å². The summed E-state index contributed by atoms with van der Waals surface area (Å²) in [7, 11) is 1.56. The van der Waals surface area contributed by atoms with Gasteiger partial charge in [0.1, 0.15) is 28.5 Å². The largest absolute Gasteiger partial charge is 0.459 e. The molecule has 21 heavy (non-hydrogen) atoms. The lowest BCUT2D eigenvalue weighted by Gasteiger charge is -2.05. The number of rotatable bonds is 7. The zero-order valence-corrected chi connectivity index (χ0v) is 12.8. The number of ether oxygens (including phenoxy) is 2. The van der Waals surface area contributed by atoms with Crippen molar-refractivity contribution in [2.75, 3.05) is 38.7 Å². The first-order valence-electron chi connectivity index (χ1n) is 6.53. The summed E-state index contributed by atoms with van der Waals surface area (Å²) in [5, 5.41) is 3.98. The molecule has 0 aliphatic rings. The minimum absolute atomic E-state index is 0.229. The first kappa shape index (κ1) is 15.6. The van der Waals surface area contributed by atoms with Crippen molar-refractivity contribution in [1.82, 2.24) is 9.97 Å². The average molecular weight is 310 g/mol. The van der Waals surface area contributed by atoms with Crippen LogP contribution in [0.3, 0.4) is 0 Å². The number of nitrogens with one attached hydrogen (secondary N) is 1. The second-order valence-corrected chi connectivity index (χ2v) is 5.30. The minimum atomic E-state index is -0.364. The molecule has 0 bridgehead atoms. The highest BCUT2D eigenvalue weighted by Crippen LogP contribution is 2.33. The topological polar surface area (TPSA) is 99.4 Å². The lowest BCUT2D eigenvalue weighted by Crippen LogP contribution is -2.14. The van der Waals surface area contributed by atoms with Gasteiger partial charge < -0.3 is 20.5 Å². The Labute approximate surface area is 126 Å². The summed E-state index contributed by atoms with van der Waals surface area (Å²) >= 11 is 1.30. The highest BCUT2D eigenvalue weighted by atomic mass is 32.1. The molecule has 0 spiro atoms. The van der Waals surface area contributed by atoms with Crippen LogP contribution in [0.2, 0.25) is 0 Å². The van der Waals surface area contributed by atoms with E-state index >= 15 is 0 Å². The maximum absolute atomic E-state index is 12.1. The van der Waals surface area contributed by atoms with Crippen LogP contribution in [0.1, 0.15) is 15.2 Å². The number of aromatic nitrogens is 2. The van der Waals surface area contributed by atoms with Crippen LogP contribution in [-0.4, -0.2) is 49.4 Å². The second kappa shape index (κ2) is 7.30. The van der Waals surface area contributed by atoms with Crippen molar-refractivity contribution >= 4 is 33.3 Å². The average Bonchev–Trinajstić information content (AvgIpc) is 2.83. The Morgan fingerprint density at radius 2 is 2.24 bits per heavy atom. The van der Waals surface area contributed by atoms with Crippen molar-refractivity contribution in [2.24, 2.45) is 5.73 Å². The number of methoxy groups -OCH3 is 1. The molecule has 2 rings (SSSR count). The van der Waals surface area contributed by atoms with E-state index in [1.807, 2.05) is 6.92 Å². The smallest absolute Gasteiger partial charge is 0.348 e. The SMILES string of the molecule is COCCOC(=O)c1sc2ncnc(NCCN)c2c1C. The summed E-state index contributed by atoms with van der Waals surface area (Å²) < 4.78 is 10.0. The fraction of sp³-hybridized carbons (Fsp3) is 0.462. The number of carbonyl (C=O) groups excluding carboxylic acids is 1. The van der Waals surface area contributed by atoms with Gasteiger partial charge in [0.05, 0.1) is 12.0 Å². The van der Waals surface area contributed by atoms with Gasteiger partial charge in [0.25, 0.3) is 0 Å². The maximum Gasteiger partial charge on any atom is 0.348 e. The molecule has 2 heterocycles. The van der Waals surface area contributed by atoms with Crippen molar-refractivity contribution in [1.29, 1.82) is 0 Å². The van der Waals surface area contributed by atoms with E-state index in [1.54, 1.807) is 7.11 Å². The number of nitrogens with zero attached hydrogens (tertiary/aromatic N) is 2. The van der Waals surface area contributed by atoms with Crippen molar-refractivity contribution in [3.05, 3.63) is 16.8 Å². The van der Waals surface area contributed by atoms with Gasteiger partial charge >= 0.3 is 5.97 Å². The molecular formula is C13H18N4O3S. The predicted molar refractivity (Wildman–Crippen MR) is 81.9 cm³/mol. The molecule has 0 radical (unpaired) electrons. The van der Waals surface area contributed by atoms with Gasteiger partial charge in [-0.25, -0.2) is 14.8 Å². The predicted octanol–water partition coefficient (Wildman–Crippen LogP) is 1.17. The van der Waals surface area contributed by atoms with Crippen LogP contribution in [0.4, 0.5) is 5.82 Å². The number of hydrogen-bond donors (Lipinski definition) is 2. The Balaban J connectivity index is 2.30. The van der Waals surface area contributed by atoms with E-state index in [2.05, 4.69) is 15.3 Å². The summed E-state index contributed by atoms with van der Waals surface area (Å²) in [5.74, 6) is 0.326. The molecule has 0 amide bonds. The number of fused-ring (bicyclic) bond motifs is 1. The van der Waals surface area contributed by atoms with Gasteiger partial charge in [0, 0.05) is 20.2 Å². The van der Waals surface area contributed by atoms with Crippen LogP contribution in [0, 0.1) is 6.92 Å². The van der Waals surface area contributed by atoms with Crippen molar-refractivity contribution in [3.8, 4) is 0 Å². The Bertz CT molecular complexity index is 629. The molecule has 114 valence electrons. The molecule has 7 nitrogen and oxygen atoms in total. The number of esters is 1. The Kier molecular flexibility index (Phi) is 5.43. The van der Waals surface area contributed by atoms with Crippen LogP contribution in [0.25, 0.3) is 10.2 Å². The van der Waals surface area contributed by atoms with E-state index in [4.69, 9.17) is 15.2 Å². The maximum atomic E-state index is 12.1. The molecule has 0 atom stereocenters. The number of anilines is 1. The third kappa shape index (κ3) is 3.46. The molecule has 8 heteroatoms. The van der Waals surface area contributed by atoms with Gasteiger partial charge in [-0.3, -0.25) is 0 Å².